The molecule has 1 amide bonds. The summed E-state index contributed by atoms with van der Waals surface area (Å²) in [5.74, 6) is -2.04. The third-order valence-electron chi connectivity index (χ3n) is 3.86. The van der Waals surface area contributed by atoms with Gasteiger partial charge >= 0.3 is 0 Å². The average molecular weight is 338 g/mol. The lowest BCUT2D eigenvalue weighted by Crippen LogP contribution is -2.42. The van der Waals surface area contributed by atoms with Crippen LogP contribution in [0.4, 0.5) is 8.78 Å². The van der Waals surface area contributed by atoms with Gasteiger partial charge in [-0.2, -0.15) is 0 Å². The Morgan fingerprint density at radius 2 is 2.05 bits per heavy atom. The summed E-state index contributed by atoms with van der Waals surface area (Å²) in [5.41, 5.74) is -2.71. The van der Waals surface area contributed by atoms with Crippen LogP contribution in [0.25, 0.3) is 0 Å². The lowest BCUT2D eigenvalue weighted by atomic mass is 9.95. The lowest BCUT2D eigenvalue weighted by Gasteiger charge is -2.26. The summed E-state index contributed by atoms with van der Waals surface area (Å²) in [7, 11) is 0. The SMILES string of the molecule is C[C@@](O)(CNC(=O)[C@@]1(C)CC1(Cl)Cl)c1ccc(F)cc1F. The van der Waals surface area contributed by atoms with E-state index in [-0.39, 0.29) is 12.1 Å². The van der Waals surface area contributed by atoms with Gasteiger partial charge in [0.05, 0.1) is 12.0 Å². The molecule has 1 aliphatic rings. The van der Waals surface area contributed by atoms with Crippen molar-refractivity contribution < 1.29 is 18.7 Å². The highest BCUT2D eigenvalue weighted by atomic mass is 35.5. The summed E-state index contributed by atoms with van der Waals surface area (Å²) in [6.45, 7) is 2.69. The first-order valence-electron chi connectivity index (χ1n) is 6.34. The third kappa shape index (κ3) is 3.00. The molecule has 1 aromatic carbocycles. The normalized spacial score (nSPS) is 26.0. The molecule has 0 aliphatic heterocycles. The predicted molar refractivity (Wildman–Crippen MR) is 76.1 cm³/mol. The molecule has 2 atom stereocenters. The molecule has 1 fully saturated rings. The van der Waals surface area contributed by atoms with Gasteiger partial charge in [0.25, 0.3) is 0 Å². The second kappa shape index (κ2) is 5.07. The molecule has 1 aliphatic carbocycles. The fourth-order valence-corrected chi connectivity index (χ4v) is 2.82. The molecule has 0 bridgehead atoms. The van der Waals surface area contributed by atoms with Crippen LogP contribution in [0.3, 0.4) is 0 Å². The van der Waals surface area contributed by atoms with Crippen molar-refractivity contribution in [2.45, 2.75) is 30.2 Å². The third-order valence-corrected chi connectivity index (χ3v) is 4.97. The van der Waals surface area contributed by atoms with Gasteiger partial charge < -0.3 is 10.4 Å². The van der Waals surface area contributed by atoms with Crippen molar-refractivity contribution in [1.29, 1.82) is 0 Å². The average Bonchev–Trinajstić information content (AvgIpc) is 2.86. The minimum Gasteiger partial charge on any atom is -0.383 e. The Morgan fingerprint density at radius 3 is 2.52 bits per heavy atom. The Balaban J connectivity index is 2.07. The Kier molecular flexibility index (Phi) is 3.98. The van der Waals surface area contributed by atoms with E-state index in [1.807, 2.05) is 0 Å². The molecule has 1 aromatic rings. The maximum Gasteiger partial charge on any atom is 0.229 e. The smallest absolute Gasteiger partial charge is 0.229 e. The standard InChI is InChI=1S/C14H15Cl2F2NO2/c1-12(6-14(12,15)16)11(20)19-7-13(2,21)9-4-3-8(17)5-10(9)18/h3-5,21H,6-7H2,1-2H3,(H,19,20)/t12-,13-/m1/s1. The van der Waals surface area contributed by atoms with Crippen molar-refractivity contribution in [3.05, 3.63) is 35.4 Å². The number of carbonyl (C=O) groups excluding carboxylic acids is 1. The molecule has 7 heteroatoms. The van der Waals surface area contributed by atoms with Crippen LogP contribution in [-0.4, -0.2) is 21.9 Å². The molecule has 3 nitrogen and oxygen atoms in total. The van der Waals surface area contributed by atoms with E-state index in [1.165, 1.54) is 6.92 Å². The van der Waals surface area contributed by atoms with Crippen LogP contribution in [0.5, 0.6) is 0 Å². The second-order valence-electron chi connectivity index (χ2n) is 5.79. The largest absolute Gasteiger partial charge is 0.383 e. The molecular formula is C14H15Cl2F2NO2. The van der Waals surface area contributed by atoms with Gasteiger partial charge in [0.15, 0.2) is 0 Å². The lowest BCUT2D eigenvalue weighted by molar-refractivity contribution is -0.127. The zero-order valence-electron chi connectivity index (χ0n) is 11.5. The van der Waals surface area contributed by atoms with Crippen molar-refractivity contribution in [1.82, 2.24) is 5.32 Å². The van der Waals surface area contributed by atoms with Crippen LogP contribution in [0.15, 0.2) is 18.2 Å². The number of hydrogen-bond acceptors (Lipinski definition) is 2. The molecule has 0 unspecified atom stereocenters. The number of rotatable bonds is 4. The number of aliphatic hydroxyl groups is 1. The summed E-state index contributed by atoms with van der Waals surface area (Å²) in [5, 5.41) is 12.8. The van der Waals surface area contributed by atoms with Gasteiger partial charge in [0.2, 0.25) is 5.91 Å². The van der Waals surface area contributed by atoms with Crippen molar-refractivity contribution in [2.24, 2.45) is 5.41 Å². The van der Waals surface area contributed by atoms with Crippen molar-refractivity contribution in [2.75, 3.05) is 6.54 Å². The van der Waals surface area contributed by atoms with E-state index in [2.05, 4.69) is 5.32 Å². The van der Waals surface area contributed by atoms with Crippen LogP contribution in [0.2, 0.25) is 0 Å². The maximum absolute atomic E-state index is 13.7. The minimum absolute atomic E-state index is 0.104. The Hall–Kier alpha value is -0.910. The summed E-state index contributed by atoms with van der Waals surface area (Å²) in [6.07, 6.45) is 0.308. The first kappa shape index (κ1) is 16.5. The Labute approximate surface area is 131 Å². The molecule has 0 saturated heterocycles. The van der Waals surface area contributed by atoms with Gasteiger partial charge in [-0.05, 0) is 26.3 Å². The van der Waals surface area contributed by atoms with E-state index in [4.69, 9.17) is 23.2 Å². The second-order valence-corrected chi connectivity index (χ2v) is 7.28. The summed E-state index contributed by atoms with van der Waals surface area (Å²) in [6, 6.07) is 2.86. The maximum atomic E-state index is 13.7. The predicted octanol–water partition coefficient (Wildman–Crippen LogP) is 2.87. The van der Waals surface area contributed by atoms with Crippen LogP contribution in [0.1, 0.15) is 25.8 Å². The van der Waals surface area contributed by atoms with E-state index in [0.717, 1.165) is 12.1 Å². The molecule has 2 N–H and O–H groups in total. The molecular weight excluding hydrogens is 323 g/mol. The van der Waals surface area contributed by atoms with E-state index in [1.54, 1.807) is 6.92 Å². The van der Waals surface area contributed by atoms with E-state index in [0.29, 0.717) is 12.5 Å². The molecule has 0 heterocycles. The van der Waals surface area contributed by atoms with E-state index in [9.17, 15) is 18.7 Å². The molecule has 0 aromatic heterocycles. The first-order valence-corrected chi connectivity index (χ1v) is 7.09. The Morgan fingerprint density at radius 1 is 1.48 bits per heavy atom. The number of benzene rings is 1. The topological polar surface area (TPSA) is 49.3 Å². The molecule has 116 valence electrons. The number of carbonyl (C=O) groups is 1. The number of amides is 1. The van der Waals surface area contributed by atoms with Gasteiger partial charge in [-0.1, -0.05) is 6.07 Å². The van der Waals surface area contributed by atoms with Gasteiger partial charge in [-0.15, -0.1) is 23.2 Å². The fourth-order valence-electron chi connectivity index (χ4n) is 2.12. The Bertz CT molecular complexity index is 592. The van der Waals surface area contributed by atoms with Crippen LogP contribution in [0, 0.1) is 17.0 Å². The van der Waals surface area contributed by atoms with Crippen LogP contribution in [-0.2, 0) is 10.4 Å². The molecule has 0 radical (unpaired) electrons. The van der Waals surface area contributed by atoms with Gasteiger partial charge in [0, 0.05) is 11.6 Å². The highest BCUT2D eigenvalue weighted by Crippen LogP contribution is 2.63. The number of hydrogen-bond donors (Lipinski definition) is 2. The molecule has 0 spiro atoms. The minimum atomic E-state index is -1.68. The summed E-state index contributed by atoms with van der Waals surface area (Å²) < 4.78 is 25.4. The van der Waals surface area contributed by atoms with Gasteiger partial charge in [0.1, 0.15) is 21.6 Å². The van der Waals surface area contributed by atoms with Crippen LogP contribution < -0.4 is 5.32 Å². The van der Waals surface area contributed by atoms with Crippen molar-refractivity contribution in [3.63, 3.8) is 0 Å². The molecule has 1 saturated carbocycles. The zero-order valence-corrected chi connectivity index (χ0v) is 13.0. The summed E-state index contributed by atoms with van der Waals surface area (Å²) in [4.78, 5) is 12.0. The van der Waals surface area contributed by atoms with Gasteiger partial charge in [-0.25, -0.2) is 8.78 Å². The number of alkyl halides is 2. The van der Waals surface area contributed by atoms with Gasteiger partial charge in [-0.3, -0.25) is 4.79 Å². The van der Waals surface area contributed by atoms with E-state index >= 15 is 0 Å². The quantitative estimate of drug-likeness (QED) is 0.830. The first-order chi connectivity index (χ1) is 9.49. The highest BCUT2D eigenvalue weighted by molar-refractivity contribution is 6.53. The number of halogens is 4. The monoisotopic (exact) mass is 337 g/mol. The number of nitrogens with one attached hydrogen (secondary N) is 1. The molecule has 21 heavy (non-hydrogen) atoms. The van der Waals surface area contributed by atoms with Crippen molar-refractivity contribution in [3.8, 4) is 0 Å². The molecule has 2 rings (SSSR count). The zero-order chi connectivity index (χ0) is 16.1. The summed E-state index contributed by atoms with van der Waals surface area (Å²) >= 11 is 11.8. The van der Waals surface area contributed by atoms with Crippen molar-refractivity contribution >= 4 is 29.1 Å². The van der Waals surface area contributed by atoms with Crippen LogP contribution >= 0.6 is 23.2 Å². The highest BCUT2D eigenvalue weighted by Gasteiger charge is 2.67. The fraction of sp³-hybridized carbons (Fsp3) is 0.500. The van der Waals surface area contributed by atoms with E-state index < -0.39 is 32.9 Å².